The summed E-state index contributed by atoms with van der Waals surface area (Å²) in [5.41, 5.74) is 1.25. The number of alkyl halides is 3. The second kappa shape index (κ2) is 9.01. The Kier molecular flexibility index (Phi) is 7.67. The molecule has 0 saturated carbocycles. The van der Waals surface area contributed by atoms with Crippen LogP contribution in [0.3, 0.4) is 0 Å². The Morgan fingerprint density at radius 2 is 1.80 bits per heavy atom. The predicted octanol–water partition coefficient (Wildman–Crippen LogP) is 4.72. The van der Waals surface area contributed by atoms with E-state index in [0.717, 1.165) is 32.2 Å². The molecule has 1 aromatic carbocycles. The fraction of sp³-hybridized carbons (Fsp3) is 0.625. The third kappa shape index (κ3) is 8.20. The summed E-state index contributed by atoms with van der Waals surface area (Å²) in [5, 5.41) is 3.23. The molecule has 1 aromatic rings. The van der Waals surface area contributed by atoms with Gasteiger partial charge < -0.3 is 5.32 Å². The number of aryl methyl sites for hydroxylation is 1. The third-order valence-corrected chi connectivity index (χ3v) is 3.32. The number of halogens is 3. The number of rotatable bonds is 9. The molecule has 0 fully saturated rings. The first-order valence-electron chi connectivity index (χ1n) is 7.35. The smallest absolute Gasteiger partial charge is 0.314 e. The van der Waals surface area contributed by atoms with Crippen LogP contribution in [0.4, 0.5) is 13.2 Å². The monoisotopic (exact) mass is 287 g/mol. The summed E-state index contributed by atoms with van der Waals surface area (Å²) in [6, 6.07) is 10.0. The topological polar surface area (TPSA) is 12.0 Å². The minimum atomic E-state index is -4.05. The second-order valence-electron chi connectivity index (χ2n) is 5.18. The highest BCUT2D eigenvalue weighted by Gasteiger charge is 2.27. The quantitative estimate of drug-likeness (QED) is 0.693. The predicted molar refractivity (Wildman–Crippen MR) is 76.8 cm³/mol. The van der Waals surface area contributed by atoms with E-state index < -0.39 is 12.6 Å². The molecule has 0 aliphatic carbocycles. The molecule has 0 radical (unpaired) electrons. The molecule has 1 atom stereocenters. The number of hydrogen-bond donors (Lipinski definition) is 1. The van der Waals surface area contributed by atoms with Gasteiger partial charge in [-0.3, -0.25) is 0 Å². The Morgan fingerprint density at radius 3 is 2.40 bits per heavy atom. The van der Waals surface area contributed by atoms with E-state index in [2.05, 4.69) is 17.4 Å². The van der Waals surface area contributed by atoms with E-state index in [9.17, 15) is 13.2 Å². The standard InChI is InChI=1S/C16H24F3N/c1-2-13-20-15(11-12-16(17,18)19)10-6-9-14-7-4-3-5-8-14/h3-5,7-8,15,20H,2,6,9-13H2,1H3. The van der Waals surface area contributed by atoms with Gasteiger partial charge in [-0.1, -0.05) is 37.3 Å². The molecule has 4 heteroatoms. The average molecular weight is 287 g/mol. The zero-order chi connectivity index (χ0) is 14.8. The van der Waals surface area contributed by atoms with Crippen LogP contribution in [0.5, 0.6) is 0 Å². The van der Waals surface area contributed by atoms with Crippen LogP contribution in [-0.2, 0) is 6.42 Å². The lowest BCUT2D eigenvalue weighted by molar-refractivity contribution is -0.136. The van der Waals surface area contributed by atoms with Gasteiger partial charge in [-0.15, -0.1) is 0 Å². The summed E-state index contributed by atoms with van der Waals surface area (Å²) in [6.45, 7) is 2.81. The fourth-order valence-corrected chi connectivity index (χ4v) is 2.23. The second-order valence-corrected chi connectivity index (χ2v) is 5.18. The van der Waals surface area contributed by atoms with Gasteiger partial charge in [-0.2, -0.15) is 13.2 Å². The SMILES string of the molecule is CCCNC(CCCc1ccccc1)CCC(F)(F)F. The van der Waals surface area contributed by atoms with Gasteiger partial charge >= 0.3 is 6.18 Å². The highest BCUT2D eigenvalue weighted by molar-refractivity contribution is 5.14. The molecule has 0 aromatic heterocycles. The summed E-state index contributed by atoms with van der Waals surface area (Å²) >= 11 is 0. The summed E-state index contributed by atoms with van der Waals surface area (Å²) in [4.78, 5) is 0. The number of nitrogens with one attached hydrogen (secondary N) is 1. The Morgan fingerprint density at radius 1 is 1.10 bits per heavy atom. The maximum absolute atomic E-state index is 12.3. The van der Waals surface area contributed by atoms with Crippen molar-refractivity contribution in [2.75, 3.05) is 6.54 Å². The van der Waals surface area contributed by atoms with Crippen molar-refractivity contribution in [3.05, 3.63) is 35.9 Å². The van der Waals surface area contributed by atoms with Crippen LogP contribution in [0.2, 0.25) is 0 Å². The summed E-state index contributed by atoms with van der Waals surface area (Å²) in [5.74, 6) is 0. The molecule has 0 aliphatic rings. The molecule has 1 unspecified atom stereocenters. The fourth-order valence-electron chi connectivity index (χ4n) is 2.23. The Labute approximate surface area is 119 Å². The van der Waals surface area contributed by atoms with Crippen molar-refractivity contribution in [3.8, 4) is 0 Å². The zero-order valence-corrected chi connectivity index (χ0v) is 12.0. The van der Waals surface area contributed by atoms with Crippen LogP contribution >= 0.6 is 0 Å². The van der Waals surface area contributed by atoms with Gasteiger partial charge in [0.15, 0.2) is 0 Å². The average Bonchev–Trinajstić information content (AvgIpc) is 2.41. The Hall–Kier alpha value is -1.03. The Bertz CT molecular complexity index is 348. The summed E-state index contributed by atoms with van der Waals surface area (Å²) in [7, 11) is 0. The van der Waals surface area contributed by atoms with Crippen molar-refractivity contribution < 1.29 is 13.2 Å². The molecule has 0 saturated heterocycles. The molecule has 20 heavy (non-hydrogen) atoms. The maximum atomic E-state index is 12.3. The van der Waals surface area contributed by atoms with E-state index in [1.54, 1.807) is 0 Å². The van der Waals surface area contributed by atoms with Crippen molar-refractivity contribution in [3.63, 3.8) is 0 Å². The zero-order valence-electron chi connectivity index (χ0n) is 12.0. The highest BCUT2D eigenvalue weighted by Crippen LogP contribution is 2.23. The van der Waals surface area contributed by atoms with Gasteiger partial charge in [-0.25, -0.2) is 0 Å². The first-order valence-corrected chi connectivity index (χ1v) is 7.35. The van der Waals surface area contributed by atoms with E-state index >= 15 is 0 Å². The molecule has 0 heterocycles. The van der Waals surface area contributed by atoms with Gasteiger partial charge in [0.2, 0.25) is 0 Å². The van der Waals surface area contributed by atoms with Gasteiger partial charge in [0.05, 0.1) is 0 Å². The normalized spacial score (nSPS) is 13.4. The van der Waals surface area contributed by atoms with Crippen LogP contribution in [0, 0.1) is 0 Å². The molecule has 0 aliphatic heterocycles. The van der Waals surface area contributed by atoms with E-state index in [-0.39, 0.29) is 12.5 Å². The van der Waals surface area contributed by atoms with Crippen molar-refractivity contribution in [2.45, 2.75) is 57.7 Å². The Balaban J connectivity index is 2.32. The van der Waals surface area contributed by atoms with Crippen LogP contribution in [0.1, 0.15) is 44.6 Å². The minimum absolute atomic E-state index is 0.0275. The van der Waals surface area contributed by atoms with Gasteiger partial charge in [0.25, 0.3) is 0 Å². The lowest BCUT2D eigenvalue weighted by Crippen LogP contribution is -2.31. The van der Waals surface area contributed by atoms with Gasteiger partial charge in [0, 0.05) is 12.5 Å². The van der Waals surface area contributed by atoms with Crippen LogP contribution in [0.25, 0.3) is 0 Å². The van der Waals surface area contributed by atoms with E-state index in [4.69, 9.17) is 0 Å². The van der Waals surface area contributed by atoms with E-state index in [1.165, 1.54) is 5.56 Å². The molecular formula is C16H24F3N. The van der Waals surface area contributed by atoms with Crippen molar-refractivity contribution in [1.82, 2.24) is 5.32 Å². The molecule has 1 rings (SSSR count). The molecule has 0 amide bonds. The maximum Gasteiger partial charge on any atom is 0.389 e. The molecule has 1 nitrogen and oxygen atoms in total. The van der Waals surface area contributed by atoms with Gasteiger partial charge in [0.1, 0.15) is 0 Å². The molecule has 0 bridgehead atoms. The third-order valence-electron chi connectivity index (χ3n) is 3.32. The van der Waals surface area contributed by atoms with Crippen molar-refractivity contribution >= 4 is 0 Å². The lowest BCUT2D eigenvalue weighted by Gasteiger charge is -2.19. The summed E-state index contributed by atoms with van der Waals surface area (Å²) < 4.78 is 36.9. The lowest BCUT2D eigenvalue weighted by atomic mass is 10.0. The molecule has 0 spiro atoms. The molecule has 114 valence electrons. The van der Waals surface area contributed by atoms with Gasteiger partial charge in [-0.05, 0) is 44.2 Å². The van der Waals surface area contributed by atoms with E-state index in [1.807, 2.05) is 25.1 Å². The van der Waals surface area contributed by atoms with Crippen LogP contribution in [-0.4, -0.2) is 18.8 Å². The van der Waals surface area contributed by atoms with E-state index in [0.29, 0.717) is 0 Å². The molecular weight excluding hydrogens is 263 g/mol. The van der Waals surface area contributed by atoms with Crippen molar-refractivity contribution in [2.24, 2.45) is 0 Å². The highest BCUT2D eigenvalue weighted by atomic mass is 19.4. The first-order chi connectivity index (χ1) is 9.51. The van der Waals surface area contributed by atoms with Crippen LogP contribution < -0.4 is 5.32 Å². The summed E-state index contributed by atoms with van der Waals surface area (Å²) in [6.07, 6.45) is -0.976. The van der Waals surface area contributed by atoms with Crippen LogP contribution in [0.15, 0.2) is 30.3 Å². The van der Waals surface area contributed by atoms with Crippen molar-refractivity contribution in [1.29, 1.82) is 0 Å². The first kappa shape index (κ1) is 17.0. The minimum Gasteiger partial charge on any atom is -0.314 e. The molecule has 1 N–H and O–H groups in total. The largest absolute Gasteiger partial charge is 0.389 e. The number of benzene rings is 1. The number of hydrogen-bond acceptors (Lipinski definition) is 1.